The summed E-state index contributed by atoms with van der Waals surface area (Å²) in [6.07, 6.45) is 0. The number of pyridine rings is 1. The molecule has 0 saturated heterocycles. The number of hydrogen-bond acceptors (Lipinski definition) is 5. The van der Waals surface area contributed by atoms with Crippen molar-refractivity contribution >= 4 is 45.4 Å². The Balaban J connectivity index is 1.52. The van der Waals surface area contributed by atoms with Gasteiger partial charge in [0.1, 0.15) is 11.5 Å². The zero-order valence-corrected chi connectivity index (χ0v) is 20.3. The van der Waals surface area contributed by atoms with E-state index in [1.165, 1.54) is 18.2 Å². The molecule has 0 atom stereocenters. The van der Waals surface area contributed by atoms with Crippen molar-refractivity contribution in [1.82, 2.24) is 4.98 Å². The van der Waals surface area contributed by atoms with Gasteiger partial charge < -0.3 is 15.1 Å². The Labute approximate surface area is 211 Å². The van der Waals surface area contributed by atoms with E-state index in [2.05, 4.69) is 6.07 Å². The fourth-order valence-corrected chi connectivity index (χ4v) is 4.88. The van der Waals surface area contributed by atoms with E-state index >= 15 is 0 Å². The van der Waals surface area contributed by atoms with Crippen LogP contribution in [0.3, 0.4) is 0 Å². The average molecular weight is 501 g/mol. The molecule has 2 aromatic heterocycles. The summed E-state index contributed by atoms with van der Waals surface area (Å²) in [6.45, 7) is 2.35. The number of thiophene rings is 1. The number of hydrogen-bond donors (Lipinski definition) is 2. The summed E-state index contributed by atoms with van der Waals surface area (Å²) in [5.74, 6) is -0.732. The fourth-order valence-electron chi connectivity index (χ4n) is 4.04. The Kier molecular flexibility index (Phi) is 6.16. The Hall–Kier alpha value is -3.87. The van der Waals surface area contributed by atoms with Gasteiger partial charge in [0, 0.05) is 27.7 Å². The van der Waals surface area contributed by atoms with E-state index in [0.29, 0.717) is 17.3 Å². The van der Waals surface area contributed by atoms with Crippen LogP contribution in [0.15, 0.2) is 83.6 Å². The standard InChI is InChI=1S/C28H21ClN2O3S/c1-17-12-20-13-21(29)4-9-25(20)30-27(17)19-2-5-22(6-3-19)31(15-18-10-11-35-16-18)28(34)24-8-7-23(32)14-26(24)33/h2-14,16,32-33H,15H2,1H3. The van der Waals surface area contributed by atoms with Crippen LogP contribution in [0.2, 0.25) is 5.02 Å². The number of aryl methyl sites for hydroxylation is 1. The maximum atomic E-state index is 13.5. The molecule has 3 aromatic carbocycles. The summed E-state index contributed by atoms with van der Waals surface area (Å²) in [5.41, 5.74) is 5.45. The number of nitrogens with zero attached hydrogens (tertiary/aromatic N) is 2. The Morgan fingerprint density at radius 1 is 1.00 bits per heavy atom. The molecule has 1 amide bonds. The van der Waals surface area contributed by atoms with Gasteiger partial charge in [-0.25, -0.2) is 4.98 Å². The Bertz CT molecular complexity index is 1530. The molecular weight excluding hydrogens is 480 g/mol. The predicted octanol–water partition coefficient (Wildman–Crippen LogP) is 7.18. The molecule has 35 heavy (non-hydrogen) atoms. The van der Waals surface area contributed by atoms with E-state index in [1.807, 2.05) is 66.2 Å². The molecule has 2 heterocycles. The van der Waals surface area contributed by atoms with Crippen molar-refractivity contribution < 1.29 is 15.0 Å². The highest BCUT2D eigenvalue weighted by Crippen LogP contribution is 2.31. The van der Waals surface area contributed by atoms with Crippen LogP contribution in [-0.2, 0) is 6.54 Å². The molecule has 0 saturated carbocycles. The number of aromatic hydroxyl groups is 2. The number of halogens is 1. The molecule has 2 N–H and O–H groups in total. The van der Waals surface area contributed by atoms with Crippen molar-refractivity contribution in [3.8, 4) is 22.8 Å². The quantitative estimate of drug-likeness (QED) is 0.268. The van der Waals surface area contributed by atoms with Crippen LogP contribution >= 0.6 is 22.9 Å². The maximum Gasteiger partial charge on any atom is 0.262 e. The highest BCUT2D eigenvalue weighted by Gasteiger charge is 2.22. The van der Waals surface area contributed by atoms with E-state index < -0.39 is 0 Å². The number of phenols is 2. The van der Waals surface area contributed by atoms with Gasteiger partial charge in [0.2, 0.25) is 0 Å². The summed E-state index contributed by atoms with van der Waals surface area (Å²) < 4.78 is 0. The van der Waals surface area contributed by atoms with Crippen LogP contribution in [0, 0.1) is 6.92 Å². The number of rotatable bonds is 5. The first-order valence-corrected chi connectivity index (χ1v) is 12.2. The third-order valence-electron chi connectivity index (χ3n) is 5.80. The smallest absolute Gasteiger partial charge is 0.262 e. The number of amides is 1. The van der Waals surface area contributed by atoms with Crippen LogP contribution in [-0.4, -0.2) is 21.1 Å². The molecule has 0 aliphatic carbocycles. The van der Waals surface area contributed by atoms with Crippen molar-refractivity contribution in [3.05, 3.63) is 105 Å². The number of phenolic OH excluding ortho intramolecular Hbond substituents is 2. The van der Waals surface area contributed by atoms with Gasteiger partial charge in [-0.3, -0.25) is 4.79 Å². The van der Waals surface area contributed by atoms with Crippen molar-refractivity contribution in [2.24, 2.45) is 0 Å². The third kappa shape index (κ3) is 4.71. The normalized spacial score (nSPS) is 11.0. The van der Waals surface area contributed by atoms with E-state index in [-0.39, 0.29) is 23.0 Å². The largest absolute Gasteiger partial charge is 0.508 e. The summed E-state index contributed by atoms with van der Waals surface area (Å²) >= 11 is 7.68. The number of fused-ring (bicyclic) bond motifs is 1. The first-order chi connectivity index (χ1) is 16.9. The summed E-state index contributed by atoms with van der Waals surface area (Å²) in [7, 11) is 0. The molecule has 0 unspecified atom stereocenters. The summed E-state index contributed by atoms with van der Waals surface area (Å²) in [5, 5.41) is 25.5. The number of benzene rings is 3. The number of carbonyl (C=O) groups excluding carboxylic acids is 1. The predicted molar refractivity (Wildman–Crippen MR) is 142 cm³/mol. The van der Waals surface area contributed by atoms with Crippen molar-refractivity contribution in [2.75, 3.05) is 4.90 Å². The fraction of sp³-hybridized carbons (Fsp3) is 0.0714. The second-order valence-electron chi connectivity index (χ2n) is 8.26. The topological polar surface area (TPSA) is 73.7 Å². The van der Waals surface area contributed by atoms with Crippen LogP contribution in [0.4, 0.5) is 5.69 Å². The summed E-state index contributed by atoms with van der Waals surface area (Å²) in [6, 6.07) is 21.3. The van der Waals surface area contributed by atoms with Gasteiger partial charge in [-0.05, 0) is 83.4 Å². The second-order valence-corrected chi connectivity index (χ2v) is 9.48. The van der Waals surface area contributed by atoms with Gasteiger partial charge in [0.05, 0.1) is 23.3 Å². The van der Waals surface area contributed by atoms with Crippen molar-refractivity contribution in [2.45, 2.75) is 13.5 Å². The zero-order chi connectivity index (χ0) is 24.5. The van der Waals surface area contributed by atoms with Gasteiger partial charge in [-0.1, -0.05) is 23.7 Å². The van der Waals surface area contributed by atoms with E-state index in [9.17, 15) is 15.0 Å². The summed E-state index contributed by atoms with van der Waals surface area (Å²) in [4.78, 5) is 19.9. The number of carbonyl (C=O) groups is 1. The minimum Gasteiger partial charge on any atom is -0.508 e. The van der Waals surface area contributed by atoms with E-state index in [1.54, 1.807) is 16.2 Å². The van der Waals surface area contributed by atoms with Crippen LogP contribution in [0.1, 0.15) is 21.5 Å². The molecule has 0 bridgehead atoms. The minimum absolute atomic E-state index is 0.103. The maximum absolute atomic E-state index is 13.5. The van der Waals surface area contributed by atoms with Gasteiger partial charge in [0.25, 0.3) is 5.91 Å². The van der Waals surface area contributed by atoms with Crippen molar-refractivity contribution in [1.29, 1.82) is 0 Å². The van der Waals surface area contributed by atoms with Gasteiger partial charge in [-0.2, -0.15) is 11.3 Å². The lowest BCUT2D eigenvalue weighted by atomic mass is 10.0. The Morgan fingerprint density at radius 2 is 1.80 bits per heavy atom. The zero-order valence-electron chi connectivity index (χ0n) is 18.8. The van der Waals surface area contributed by atoms with Gasteiger partial charge in [0.15, 0.2) is 0 Å². The molecule has 0 aliphatic rings. The highest BCUT2D eigenvalue weighted by atomic mass is 35.5. The SMILES string of the molecule is Cc1cc2cc(Cl)ccc2nc1-c1ccc(N(Cc2ccsc2)C(=O)c2ccc(O)cc2O)cc1. The first kappa shape index (κ1) is 22.9. The molecule has 0 aliphatic heterocycles. The monoisotopic (exact) mass is 500 g/mol. The molecule has 0 fully saturated rings. The molecule has 5 aromatic rings. The lowest BCUT2D eigenvalue weighted by Crippen LogP contribution is -2.30. The molecule has 5 nitrogen and oxygen atoms in total. The molecule has 0 spiro atoms. The van der Waals surface area contributed by atoms with Crippen LogP contribution in [0.5, 0.6) is 11.5 Å². The lowest BCUT2D eigenvalue weighted by molar-refractivity contribution is 0.0982. The second kappa shape index (κ2) is 9.41. The van der Waals surface area contributed by atoms with E-state index in [4.69, 9.17) is 16.6 Å². The van der Waals surface area contributed by atoms with Gasteiger partial charge >= 0.3 is 0 Å². The average Bonchev–Trinajstić information content (AvgIpc) is 3.35. The first-order valence-electron chi connectivity index (χ1n) is 10.9. The third-order valence-corrected chi connectivity index (χ3v) is 6.76. The number of aromatic nitrogens is 1. The Morgan fingerprint density at radius 3 is 2.51 bits per heavy atom. The molecule has 5 rings (SSSR count). The molecule has 7 heteroatoms. The highest BCUT2D eigenvalue weighted by molar-refractivity contribution is 7.07. The van der Waals surface area contributed by atoms with Crippen LogP contribution < -0.4 is 4.90 Å². The van der Waals surface area contributed by atoms with Gasteiger partial charge in [-0.15, -0.1) is 0 Å². The molecule has 174 valence electrons. The van der Waals surface area contributed by atoms with Crippen molar-refractivity contribution in [3.63, 3.8) is 0 Å². The number of anilines is 1. The molecule has 0 radical (unpaired) electrons. The molecular formula is C28H21ClN2O3S. The minimum atomic E-state index is -0.363. The van der Waals surface area contributed by atoms with Crippen LogP contribution in [0.25, 0.3) is 22.2 Å². The lowest BCUT2D eigenvalue weighted by Gasteiger charge is -2.23. The van der Waals surface area contributed by atoms with E-state index in [0.717, 1.165) is 33.3 Å².